The number of hydrogen-bond donors (Lipinski definition) is 1. The molecule has 0 bridgehead atoms. The van der Waals surface area contributed by atoms with Gasteiger partial charge in [0, 0.05) is 6.42 Å². The highest BCUT2D eigenvalue weighted by molar-refractivity contribution is 6.76. The van der Waals surface area contributed by atoms with E-state index in [1.165, 1.54) is 0 Å². The molecule has 90 valence electrons. The van der Waals surface area contributed by atoms with Crippen LogP contribution < -0.4 is 0 Å². The topological polar surface area (TPSA) is 33.1 Å². The van der Waals surface area contributed by atoms with Crippen molar-refractivity contribution >= 4 is 40.7 Å². The van der Waals surface area contributed by atoms with E-state index >= 15 is 0 Å². The van der Waals surface area contributed by atoms with Crippen molar-refractivity contribution in [3.63, 3.8) is 0 Å². The zero-order chi connectivity index (χ0) is 12.9. The lowest BCUT2D eigenvalue weighted by Gasteiger charge is -2.18. The van der Waals surface area contributed by atoms with Gasteiger partial charge >= 0.3 is 0 Å². The van der Waals surface area contributed by atoms with Crippen molar-refractivity contribution < 1.29 is 4.74 Å². The molecule has 0 aromatic heterocycles. The molecule has 1 N–H and O–H groups in total. The maximum Gasteiger partial charge on any atom is 0.265 e. The molecule has 0 heterocycles. The number of hydrogen-bond acceptors (Lipinski definition) is 2. The molecule has 1 aromatic rings. The predicted molar refractivity (Wildman–Crippen MR) is 71.9 cm³/mol. The second-order valence-electron chi connectivity index (χ2n) is 3.29. The van der Waals surface area contributed by atoms with E-state index in [0.717, 1.165) is 5.56 Å². The first-order valence-electron chi connectivity index (χ1n) is 4.76. The maximum atomic E-state index is 7.43. The summed E-state index contributed by atoms with van der Waals surface area (Å²) in [6, 6.07) is 9.50. The van der Waals surface area contributed by atoms with Crippen LogP contribution in [0.15, 0.2) is 30.3 Å². The molecule has 17 heavy (non-hydrogen) atoms. The van der Waals surface area contributed by atoms with E-state index in [9.17, 15) is 0 Å². The number of benzene rings is 1. The van der Waals surface area contributed by atoms with Crippen LogP contribution in [-0.2, 0) is 11.2 Å². The van der Waals surface area contributed by atoms with E-state index in [-0.39, 0.29) is 0 Å². The van der Waals surface area contributed by atoms with Gasteiger partial charge in [0.1, 0.15) is 0 Å². The number of nitrogens with one attached hydrogen (secondary N) is 1. The van der Waals surface area contributed by atoms with Crippen molar-refractivity contribution in [3.8, 4) is 12.3 Å². The standard InChI is InChI=1S/C12H10Cl3NO/c1-2-10(17-11(16)12(13,14)15)8-9-6-4-3-5-7-9/h1,3-7,10,16H,8H2. The molecule has 1 rings (SSSR count). The largest absolute Gasteiger partial charge is 0.461 e. The molecule has 0 aliphatic heterocycles. The second-order valence-corrected chi connectivity index (χ2v) is 5.57. The Labute approximate surface area is 115 Å². The third kappa shape index (κ3) is 4.87. The van der Waals surface area contributed by atoms with Crippen LogP contribution in [-0.4, -0.2) is 15.8 Å². The van der Waals surface area contributed by atoms with Gasteiger partial charge in [0.05, 0.1) is 0 Å². The minimum Gasteiger partial charge on any atom is -0.461 e. The summed E-state index contributed by atoms with van der Waals surface area (Å²) in [5.74, 6) is 1.94. The third-order valence-corrected chi connectivity index (χ3v) is 2.48. The Morgan fingerprint density at radius 1 is 1.35 bits per heavy atom. The van der Waals surface area contributed by atoms with E-state index in [2.05, 4.69) is 5.92 Å². The summed E-state index contributed by atoms with van der Waals surface area (Å²) < 4.78 is 3.24. The average molecular weight is 291 g/mol. The van der Waals surface area contributed by atoms with Crippen molar-refractivity contribution in [3.05, 3.63) is 35.9 Å². The molecule has 2 nitrogen and oxygen atoms in total. The number of ether oxygens (including phenoxy) is 1. The fourth-order valence-electron chi connectivity index (χ4n) is 1.17. The molecule has 1 unspecified atom stereocenters. The van der Waals surface area contributed by atoms with Crippen molar-refractivity contribution in [1.82, 2.24) is 0 Å². The van der Waals surface area contributed by atoms with Gasteiger partial charge in [0.15, 0.2) is 6.10 Å². The van der Waals surface area contributed by atoms with Gasteiger partial charge in [0.25, 0.3) is 3.79 Å². The molecule has 0 radical (unpaired) electrons. The number of halogens is 3. The minimum atomic E-state index is -1.88. The van der Waals surface area contributed by atoms with Crippen molar-refractivity contribution in [2.45, 2.75) is 16.3 Å². The summed E-state index contributed by atoms with van der Waals surface area (Å²) in [6.45, 7) is 0. The molecule has 0 fully saturated rings. The van der Waals surface area contributed by atoms with Crippen LogP contribution in [0.1, 0.15) is 5.56 Å². The van der Waals surface area contributed by atoms with Gasteiger partial charge in [0.2, 0.25) is 5.90 Å². The lowest BCUT2D eigenvalue weighted by atomic mass is 10.1. The highest BCUT2D eigenvalue weighted by Crippen LogP contribution is 2.28. The Bertz CT molecular complexity index is 420. The van der Waals surface area contributed by atoms with E-state index < -0.39 is 15.8 Å². The van der Waals surface area contributed by atoms with Gasteiger partial charge in [-0.1, -0.05) is 71.1 Å². The van der Waals surface area contributed by atoms with Gasteiger partial charge < -0.3 is 4.74 Å². The number of alkyl halides is 3. The lowest BCUT2D eigenvalue weighted by Crippen LogP contribution is -2.27. The molecule has 1 atom stereocenters. The van der Waals surface area contributed by atoms with Gasteiger partial charge in [-0.15, -0.1) is 6.42 Å². The first kappa shape index (κ1) is 14.2. The Balaban J connectivity index is 2.63. The highest BCUT2D eigenvalue weighted by atomic mass is 35.6. The first-order chi connectivity index (χ1) is 7.93. The van der Waals surface area contributed by atoms with E-state index in [4.69, 9.17) is 51.4 Å². The Morgan fingerprint density at radius 3 is 2.41 bits per heavy atom. The summed E-state index contributed by atoms with van der Waals surface area (Å²) in [6.07, 6.45) is 5.15. The van der Waals surface area contributed by atoms with Crippen molar-refractivity contribution in [2.24, 2.45) is 0 Å². The van der Waals surface area contributed by atoms with Crippen molar-refractivity contribution in [1.29, 1.82) is 5.41 Å². The SMILES string of the molecule is C#CC(Cc1ccccc1)OC(=N)C(Cl)(Cl)Cl. The number of terminal acetylenes is 1. The second kappa shape index (κ2) is 6.16. The van der Waals surface area contributed by atoms with Crippen LogP contribution in [0.2, 0.25) is 0 Å². The summed E-state index contributed by atoms with van der Waals surface area (Å²) in [7, 11) is 0. The smallest absolute Gasteiger partial charge is 0.265 e. The molecule has 0 spiro atoms. The van der Waals surface area contributed by atoms with Gasteiger partial charge in [-0.3, -0.25) is 5.41 Å². The molecule has 0 aliphatic rings. The summed E-state index contributed by atoms with van der Waals surface area (Å²) in [5, 5.41) is 7.43. The fourth-order valence-corrected chi connectivity index (χ4v) is 1.31. The van der Waals surface area contributed by atoms with Crippen LogP contribution in [0, 0.1) is 17.8 Å². The molecular weight excluding hydrogens is 280 g/mol. The number of rotatable bonds is 3. The van der Waals surface area contributed by atoms with Crippen LogP contribution >= 0.6 is 34.8 Å². The molecule has 0 saturated heterocycles. The predicted octanol–water partition coefficient (Wildman–Crippen LogP) is 3.59. The first-order valence-corrected chi connectivity index (χ1v) is 5.89. The summed E-state index contributed by atoms with van der Waals surface area (Å²) in [5.41, 5.74) is 0.993. The van der Waals surface area contributed by atoms with Gasteiger partial charge in [-0.25, -0.2) is 0 Å². The zero-order valence-electron chi connectivity index (χ0n) is 8.79. The van der Waals surface area contributed by atoms with E-state index in [0.29, 0.717) is 6.42 Å². The molecule has 0 saturated carbocycles. The molecule has 0 aliphatic carbocycles. The lowest BCUT2D eigenvalue weighted by molar-refractivity contribution is 0.238. The molecular formula is C12H10Cl3NO. The fraction of sp³-hybridized carbons (Fsp3) is 0.250. The summed E-state index contributed by atoms with van der Waals surface area (Å²) in [4.78, 5) is 0. The van der Waals surface area contributed by atoms with Crippen LogP contribution in [0.5, 0.6) is 0 Å². The van der Waals surface area contributed by atoms with Crippen LogP contribution in [0.3, 0.4) is 0 Å². The Morgan fingerprint density at radius 2 is 1.94 bits per heavy atom. The van der Waals surface area contributed by atoms with Crippen molar-refractivity contribution in [2.75, 3.05) is 0 Å². The monoisotopic (exact) mass is 289 g/mol. The molecule has 0 amide bonds. The third-order valence-electron chi connectivity index (χ3n) is 1.97. The van der Waals surface area contributed by atoms with Crippen LogP contribution in [0.25, 0.3) is 0 Å². The van der Waals surface area contributed by atoms with Gasteiger partial charge in [-0.05, 0) is 5.56 Å². The van der Waals surface area contributed by atoms with E-state index in [1.807, 2.05) is 30.3 Å². The molecule has 5 heteroatoms. The highest BCUT2D eigenvalue weighted by Gasteiger charge is 2.30. The molecule has 1 aromatic carbocycles. The minimum absolute atomic E-state index is 0.459. The van der Waals surface area contributed by atoms with E-state index in [1.54, 1.807) is 0 Å². The maximum absolute atomic E-state index is 7.43. The zero-order valence-corrected chi connectivity index (χ0v) is 11.1. The normalized spacial score (nSPS) is 12.6. The summed E-state index contributed by atoms with van der Waals surface area (Å²) >= 11 is 16.5. The Hall–Kier alpha value is -0.880. The average Bonchev–Trinajstić information content (AvgIpc) is 2.28. The van der Waals surface area contributed by atoms with Crippen LogP contribution in [0.4, 0.5) is 0 Å². The Kier molecular flexibility index (Phi) is 5.14. The van der Waals surface area contributed by atoms with Gasteiger partial charge in [-0.2, -0.15) is 0 Å². The quantitative estimate of drug-likeness (QED) is 0.392.